The van der Waals surface area contributed by atoms with E-state index >= 15 is 0 Å². The number of esters is 2. The summed E-state index contributed by atoms with van der Waals surface area (Å²) in [5.41, 5.74) is -2.81. The Morgan fingerprint density at radius 1 is 1.28 bits per heavy atom. The van der Waals surface area contributed by atoms with Gasteiger partial charge in [-0.05, 0) is 31.0 Å². The largest absolute Gasteiger partial charge is 0.508 e. The van der Waals surface area contributed by atoms with E-state index in [0.29, 0.717) is 6.42 Å². The number of Topliss-reactive ketones (excluding diaryl/α,β-unsaturated/α-hetero) is 1. The summed E-state index contributed by atoms with van der Waals surface area (Å²) < 4.78 is 10.3. The number of carbonyl (C=O) groups is 3. The van der Waals surface area contributed by atoms with Crippen LogP contribution in [0.1, 0.15) is 29.6 Å². The van der Waals surface area contributed by atoms with Gasteiger partial charge in [0.05, 0.1) is 16.4 Å². The third-order valence-corrected chi connectivity index (χ3v) is 5.84. The highest BCUT2D eigenvalue weighted by Crippen LogP contribution is 2.65. The van der Waals surface area contributed by atoms with Crippen molar-refractivity contribution in [3.05, 3.63) is 23.8 Å². The summed E-state index contributed by atoms with van der Waals surface area (Å²) in [4.78, 5) is 37.1. The first-order valence-corrected chi connectivity index (χ1v) is 7.93. The van der Waals surface area contributed by atoms with Crippen molar-refractivity contribution in [1.82, 2.24) is 0 Å². The molecule has 2 saturated heterocycles. The van der Waals surface area contributed by atoms with E-state index in [0.717, 1.165) is 6.07 Å². The van der Waals surface area contributed by atoms with E-state index in [1.807, 2.05) is 0 Å². The fourth-order valence-corrected chi connectivity index (χ4v) is 4.56. The van der Waals surface area contributed by atoms with Crippen LogP contribution in [0.15, 0.2) is 18.2 Å². The monoisotopic (exact) mass is 348 g/mol. The Morgan fingerprint density at radius 3 is 2.80 bits per heavy atom. The van der Waals surface area contributed by atoms with Gasteiger partial charge >= 0.3 is 11.9 Å². The maximum atomic E-state index is 12.7. The SMILES string of the molecule is O=C(C[C@]12CC[C@@H]3OC(=O)[C@H](O)[C@@]31COC2=O)c1cc(O)ccc1O. The number of rotatable bonds is 3. The second kappa shape index (κ2) is 4.95. The van der Waals surface area contributed by atoms with E-state index in [4.69, 9.17) is 9.47 Å². The fraction of sp³-hybridized carbons (Fsp3) is 0.471. The predicted molar refractivity (Wildman–Crippen MR) is 79.7 cm³/mol. The van der Waals surface area contributed by atoms with E-state index in [9.17, 15) is 29.7 Å². The summed E-state index contributed by atoms with van der Waals surface area (Å²) in [7, 11) is 0. The molecule has 0 amide bonds. The normalized spacial score (nSPS) is 35.9. The summed E-state index contributed by atoms with van der Waals surface area (Å²) in [6, 6.07) is 3.52. The van der Waals surface area contributed by atoms with Crippen LogP contribution in [0.4, 0.5) is 0 Å². The van der Waals surface area contributed by atoms with E-state index in [1.165, 1.54) is 12.1 Å². The maximum Gasteiger partial charge on any atom is 0.336 e. The van der Waals surface area contributed by atoms with Crippen molar-refractivity contribution < 1.29 is 39.2 Å². The van der Waals surface area contributed by atoms with Crippen LogP contribution >= 0.6 is 0 Å². The lowest BCUT2D eigenvalue weighted by molar-refractivity contribution is -0.149. The molecule has 25 heavy (non-hydrogen) atoms. The number of phenolic OH excluding ortho intramolecular Hbond substituents is 2. The highest BCUT2D eigenvalue weighted by Gasteiger charge is 2.78. The van der Waals surface area contributed by atoms with Crippen molar-refractivity contribution >= 4 is 17.7 Å². The molecule has 1 aromatic rings. The number of carbonyl (C=O) groups excluding carboxylic acids is 3. The number of hydrogen-bond donors (Lipinski definition) is 3. The minimum Gasteiger partial charge on any atom is -0.508 e. The molecule has 0 aromatic heterocycles. The topological polar surface area (TPSA) is 130 Å². The highest BCUT2D eigenvalue weighted by atomic mass is 16.6. The van der Waals surface area contributed by atoms with Gasteiger partial charge in [0.15, 0.2) is 11.9 Å². The van der Waals surface area contributed by atoms with Crippen molar-refractivity contribution in [3.63, 3.8) is 0 Å². The Hall–Kier alpha value is -2.61. The minimum atomic E-state index is -1.54. The standard InChI is InChI=1S/C17H16O8/c18-8-1-2-10(19)9(5-8)11(20)6-16-4-3-12-17(16,7-24-15(16)23)13(21)14(22)25-12/h1-2,5,12-13,18-19,21H,3-4,6-7H2/t12-,13-,16-,17+/m0/s1. The molecular weight excluding hydrogens is 332 g/mol. The molecule has 0 radical (unpaired) electrons. The molecule has 0 bridgehead atoms. The minimum absolute atomic E-state index is 0.132. The summed E-state index contributed by atoms with van der Waals surface area (Å²) in [6.45, 7) is -0.192. The van der Waals surface area contributed by atoms with Crippen LogP contribution in [0.5, 0.6) is 11.5 Å². The molecule has 8 heteroatoms. The lowest BCUT2D eigenvalue weighted by atomic mass is 9.62. The number of aliphatic hydroxyl groups excluding tert-OH is 1. The third kappa shape index (κ3) is 1.82. The zero-order valence-electron chi connectivity index (χ0n) is 13.1. The molecule has 3 aliphatic rings. The van der Waals surface area contributed by atoms with Crippen LogP contribution in [-0.2, 0) is 19.1 Å². The van der Waals surface area contributed by atoms with Crippen molar-refractivity contribution in [2.24, 2.45) is 10.8 Å². The molecule has 1 saturated carbocycles. The summed E-state index contributed by atoms with van der Waals surface area (Å²) in [5, 5.41) is 29.8. The zero-order chi connectivity index (χ0) is 18.0. The molecule has 2 heterocycles. The average molecular weight is 348 g/mol. The maximum absolute atomic E-state index is 12.7. The van der Waals surface area contributed by atoms with E-state index in [2.05, 4.69) is 0 Å². The Kier molecular flexibility index (Phi) is 3.15. The van der Waals surface area contributed by atoms with Gasteiger partial charge in [0, 0.05) is 6.42 Å². The molecule has 4 rings (SSSR count). The zero-order valence-corrected chi connectivity index (χ0v) is 13.1. The summed E-state index contributed by atoms with van der Waals surface area (Å²) in [6.07, 6.45) is -2.01. The quantitative estimate of drug-likeness (QED) is 0.403. The number of benzene rings is 1. The van der Waals surface area contributed by atoms with Gasteiger partial charge in [-0.1, -0.05) is 0 Å². The van der Waals surface area contributed by atoms with E-state index < -0.39 is 40.8 Å². The highest BCUT2D eigenvalue weighted by molar-refractivity contribution is 6.02. The van der Waals surface area contributed by atoms with Gasteiger partial charge in [0.25, 0.3) is 0 Å². The number of hydrogen-bond acceptors (Lipinski definition) is 8. The van der Waals surface area contributed by atoms with Gasteiger partial charge in [0.2, 0.25) is 0 Å². The molecule has 132 valence electrons. The average Bonchev–Trinajstić information content (AvgIpc) is 3.12. The predicted octanol–water partition coefficient (Wildman–Crippen LogP) is 0.280. The molecule has 1 aromatic carbocycles. The van der Waals surface area contributed by atoms with Crippen LogP contribution in [0, 0.1) is 10.8 Å². The molecule has 4 atom stereocenters. The second-order valence-corrected chi connectivity index (χ2v) is 6.87. The third-order valence-electron chi connectivity index (χ3n) is 5.84. The summed E-state index contributed by atoms with van der Waals surface area (Å²) in [5.74, 6) is -2.58. The molecule has 1 aliphatic carbocycles. The smallest absolute Gasteiger partial charge is 0.336 e. The number of ketones is 1. The van der Waals surface area contributed by atoms with Crippen molar-refractivity contribution in [2.75, 3.05) is 6.61 Å². The first-order valence-electron chi connectivity index (χ1n) is 7.93. The van der Waals surface area contributed by atoms with Gasteiger partial charge in [-0.3, -0.25) is 9.59 Å². The van der Waals surface area contributed by atoms with Crippen molar-refractivity contribution in [1.29, 1.82) is 0 Å². The van der Waals surface area contributed by atoms with Gasteiger partial charge in [-0.15, -0.1) is 0 Å². The fourth-order valence-electron chi connectivity index (χ4n) is 4.56. The lowest BCUT2D eigenvalue weighted by Gasteiger charge is -2.34. The Balaban J connectivity index is 1.75. The number of phenols is 2. The van der Waals surface area contributed by atoms with Crippen LogP contribution in [0.2, 0.25) is 0 Å². The van der Waals surface area contributed by atoms with Crippen molar-refractivity contribution in [3.8, 4) is 11.5 Å². The van der Waals surface area contributed by atoms with E-state index in [1.54, 1.807) is 0 Å². The Morgan fingerprint density at radius 2 is 2.04 bits per heavy atom. The first-order chi connectivity index (χ1) is 11.8. The van der Waals surface area contributed by atoms with Gasteiger partial charge in [0.1, 0.15) is 24.2 Å². The molecule has 8 nitrogen and oxygen atoms in total. The van der Waals surface area contributed by atoms with Crippen LogP contribution in [0.3, 0.4) is 0 Å². The van der Waals surface area contributed by atoms with Crippen LogP contribution < -0.4 is 0 Å². The number of cyclic esters (lactones) is 1. The Labute approximate surface area is 142 Å². The Bertz CT molecular complexity index is 802. The molecule has 1 spiro atoms. The molecule has 3 N–H and O–H groups in total. The first kappa shape index (κ1) is 15.9. The summed E-state index contributed by atoms with van der Waals surface area (Å²) >= 11 is 0. The van der Waals surface area contributed by atoms with Gasteiger partial charge in [-0.2, -0.15) is 0 Å². The van der Waals surface area contributed by atoms with Crippen LogP contribution in [0.25, 0.3) is 0 Å². The van der Waals surface area contributed by atoms with Gasteiger partial charge in [-0.25, -0.2) is 4.79 Å². The molecule has 0 unspecified atom stereocenters. The lowest BCUT2D eigenvalue weighted by Crippen LogP contribution is -2.50. The molecule has 2 aliphatic heterocycles. The van der Waals surface area contributed by atoms with Gasteiger partial charge < -0.3 is 24.8 Å². The molecular formula is C17H16O8. The number of ether oxygens (including phenoxy) is 2. The van der Waals surface area contributed by atoms with E-state index in [-0.39, 0.29) is 36.5 Å². The van der Waals surface area contributed by atoms with Crippen LogP contribution in [-0.4, -0.2) is 51.9 Å². The number of aliphatic hydroxyl groups is 1. The second-order valence-electron chi connectivity index (χ2n) is 6.87. The molecule has 3 fully saturated rings. The number of aromatic hydroxyl groups is 2. The van der Waals surface area contributed by atoms with Crippen molar-refractivity contribution in [2.45, 2.75) is 31.5 Å².